The molecule has 0 radical (unpaired) electrons. The molecule has 0 saturated carbocycles. The Kier molecular flexibility index (Phi) is 5.33. The molecule has 1 amide bonds. The summed E-state index contributed by atoms with van der Waals surface area (Å²) in [6.07, 6.45) is 1.79. The first-order valence-electron chi connectivity index (χ1n) is 7.35. The highest BCUT2D eigenvalue weighted by atomic mass is 16.4. The first-order chi connectivity index (χ1) is 10.1. The SMILES string of the molecule is C[C@@H](NC(=O)C1CCCN(Cc2ccccc2)C1)C(=O)O. The zero-order valence-corrected chi connectivity index (χ0v) is 12.3. The molecular weight excluding hydrogens is 268 g/mol. The molecule has 1 aromatic rings. The summed E-state index contributed by atoms with van der Waals surface area (Å²) in [7, 11) is 0. The van der Waals surface area contributed by atoms with Gasteiger partial charge in [0.15, 0.2) is 0 Å². The Morgan fingerprint density at radius 2 is 2.10 bits per heavy atom. The van der Waals surface area contributed by atoms with Gasteiger partial charge in [0.05, 0.1) is 5.92 Å². The van der Waals surface area contributed by atoms with Crippen LogP contribution >= 0.6 is 0 Å². The number of nitrogens with zero attached hydrogens (tertiary/aromatic N) is 1. The number of carboxylic acids is 1. The topological polar surface area (TPSA) is 69.6 Å². The first kappa shape index (κ1) is 15.5. The number of rotatable bonds is 5. The molecule has 1 aliphatic rings. The second-order valence-electron chi connectivity index (χ2n) is 5.63. The number of hydrogen-bond donors (Lipinski definition) is 2. The van der Waals surface area contributed by atoms with Crippen LogP contribution in [-0.2, 0) is 16.1 Å². The van der Waals surface area contributed by atoms with E-state index >= 15 is 0 Å². The third kappa shape index (κ3) is 4.56. The van der Waals surface area contributed by atoms with Crippen molar-refractivity contribution in [2.45, 2.75) is 32.4 Å². The maximum Gasteiger partial charge on any atom is 0.325 e. The van der Waals surface area contributed by atoms with Gasteiger partial charge in [-0.1, -0.05) is 30.3 Å². The summed E-state index contributed by atoms with van der Waals surface area (Å²) in [6.45, 7) is 3.99. The molecule has 1 aromatic carbocycles. The summed E-state index contributed by atoms with van der Waals surface area (Å²) in [4.78, 5) is 25.2. The molecule has 2 atom stereocenters. The summed E-state index contributed by atoms with van der Waals surface area (Å²) < 4.78 is 0. The van der Waals surface area contributed by atoms with Gasteiger partial charge in [-0.2, -0.15) is 0 Å². The molecule has 1 saturated heterocycles. The number of benzene rings is 1. The molecule has 5 nitrogen and oxygen atoms in total. The molecular formula is C16H22N2O3. The van der Waals surface area contributed by atoms with Crippen molar-refractivity contribution in [3.63, 3.8) is 0 Å². The number of amides is 1. The van der Waals surface area contributed by atoms with E-state index in [-0.39, 0.29) is 11.8 Å². The summed E-state index contributed by atoms with van der Waals surface area (Å²) >= 11 is 0. The Morgan fingerprint density at radius 1 is 1.38 bits per heavy atom. The van der Waals surface area contributed by atoms with Crippen molar-refractivity contribution in [3.8, 4) is 0 Å². The molecule has 1 fully saturated rings. The van der Waals surface area contributed by atoms with Gasteiger partial charge in [-0.05, 0) is 31.9 Å². The molecule has 1 heterocycles. The van der Waals surface area contributed by atoms with E-state index in [1.807, 2.05) is 18.2 Å². The first-order valence-corrected chi connectivity index (χ1v) is 7.35. The average molecular weight is 290 g/mol. The number of likely N-dealkylation sites (tertiary alicyclic amines) is 1. The normalized spacial score (nSPS) is 20.7. The van der Waals surface area contributed by atoms with Gasteiger partial charge >= 0.3 is 5.97 Å². The lowest BCUT2D eigenvalue weighted by atomic mass is 9.96. The van der Waals surface area contributed by atoms with Crippen LogP contribution in [0.5, 0.6) is 0 Å². The highest BCUT2D eigenvalue weighted by molar-refractivity contribution is 5.84. The Morgan fingerprint density at radius 3 is 2.76 bits per heavy atom. The van der Waals surface area contributed by atoms with E-state index in [2.05, 4.69) is 22.3 Å². The minimum atomic E-state index is -1.000. The van der Waals surface area contributed by atoms with Crippen molar-refractivity contribution >= 4 is 11.9 Å². The fourth-order valence-electron chi connectivity index (χ4n) is 2.65. The van der Waals surface area contributed by atoms with E-state index in [1.54, 1.807) is 0 Å². The molecule has 0 aliphatic carbocycles. The molecule has 1 unspecified atom stereocenters. The minimum absolute atomic E-state index is 0.121. The highest BCUT2D eigenvalue weighted by Gasteiger charge is 2.27. The highest BCUT2D eigenvalue weighted by Crippen LogP contribution is 2.19. The van der Waals surface area contributed by atoms with Crippen LogP contribution < -0.4 is 5.32 Å². The number of carbonyl (C=O) groups excluding carboxylic acids is 1. The van der Waals surface area contributed by atoms with Gasteiger partial charge in [0.2, 0.25) is 5.91 Å². The van der Waals surface area contributed by atoms with Crippen LogP contribution in [0.3, 0.4) is 0 Å². The van der Waals surface area contributed by atoms with E-state index in [4.69, 9.17) is 5.11 Å². The van der Waals surface area contributed by atoms with E-state index in [9.17, 15) is 9.59 Å². The number of aliphatic carboxylic acids is 1. The Balaban J connectivity index is 1.88. The lowest BCUT2D eigenvalue weighted by Gasteiger charge is -2.32. The molecule has 5 heteroatoms. The van der Waals surface area contributed by atoms with E-state index in [0.29, 0.717) is 6.54 Å². The van der Waals surface area contributed by atoms with E-state index < -0.39 is 12.0 Å². The lowest BCUT2D eigenvalue weighted by molar-refractivity contribution is -0.142. The summed E-state index contributed by atoms with van der Waals surface area (Å²) in [5, 5.41) is 11.4. The minimum Gasteiger partial charge on any atom is -0.480 e. The number of carboxylic acid groups (broad SMARTS) is 1. The predicted molar refractivity (Wildman–Crippen MR) is 79.7 cm³/mol. The Hall–Kier alpha value is -1.88. The molecule has 2 rings (SSSR count). The maximum absolute atomic E-state index is 12.1. The monoisotopic (exact) mass is 290 g/mol. The molecule has 0 aromatic heterocycles. The van der Waals surface area contributed by atoms with Crippen LogP contribution in [-0.4, -0.2) is 41.0 Å². The summed E-state index contributed by atoms with van der Waals surface area (Å²) in [6, 6.07) is 9.34. The van der Waals surface area contributed by atoms with Gasteiger partial charge < -0.3 is 10.4 Å². The van der Waals surface area contributed by atoms with Gasteiger partial charge in [-0.3, -0.25) is 14.5 Å². The summed E-state index contributed by atoms with van der Waals surface area (Å²) in [5.74, 6) is -1.27. The number of nitrogens with one attached hydrogen (secondary N) is 1. The molecule has 114 valence electrons. The van der Waals surface area contributed by atoms with Crippen LogP contribution in [0.1, 0.15) is 25.3 Å². The summed E-state index contributed by atoms with van der Waals surface area (Å²) in [5.41, 5.74) is 1.23. The smallest absolute Gasteiger partial charge is 0.325 e. The van der Waals surface area contributed by atoms with Gasteiger partial charge in [-0.15, -0.1) is 0 Å². The Bertz CT molecular complexity index is 490. The quantitative estimate of drug-likeness (QED) is 0.862. The van der Waals surface area contributed by atoms with Gasteiger partial charge in [0, 0.05) is 13.1 Å². The third-order valence-corrected chi connectivity index (χ3v) is 3.85. The fourth-order valence-corrected chi connectivity index (χ4v) is 2.65. The van der Waals surface area contributed by atoms with Gasteiger partial charge in [0.25, 0.3) is 0 Å². The predicted octanol–water partition coefficient (Wildman–Crippen LogP) is 1.49. The van der Waals surface area contributed by atoms with Crippen LogP contribution in [0.2, 0.25) is 0 Å². The number of carbonyl (C=O) groups is 2. The van der Waals surface area contributed by atoms with Crippen molar-refractivity contribution in [2.24, 2.45) is 5.92 Å². The zero-order chi connectivity index (χ0) is 15.2. The van der Waals surface area contributed by atoms with Crippen molar-refractivity contribution in [3.05, 3.63) is 35.9 Å². The standard InChI is InChI=1S/C16H22N2O3/c1-12(16(20)21)17-15(19)14-8-5-9-18(11-14)10-13-6-3-2-4-7-13/h2-4,6-7,12,14H,5,8-11H2,1H3,(H,17,19)(H,20,21)/t12-,14?/m1/s1. The number of hydrogen-bond acceptors (Lipinski definition) is 3. The van der Waals surface area contributed by atoms with Gasteiger partial charge in [0.1, 0.15) is 6.04 Å². The second kappa shape index (κ2) is 7.22. The molecule has 2 N–H and O–H groups in total. The van der Waals surface area contributed by atoms with E-state index in [0.717, 1.165) is 25.9 Å². The third-order valence-electron chi connectivity index (χ3n) is 3.85. The van der Waals surface area contributed by atoms with Crippen LogP contribution in [0.15, 0.2) is 30.3 Å². The lowest BCUT2D eigenvalue weighted by Crippen LogP contribution is -2.47. The molecule has 1 aliphatic heterocycles. The average Bonchev–Trinajstić information content (AvgIpc) is 2.48. The van der Waals surface area contributed by atoms with Crippen LogP contribution in [0.25, 0.3) is 0 Å². The van der Waals surface area contributed by atoms with Crippen molar-refractivity contribution < 1.29 is 14.7 Å². The molecule has 21 heavy (non-hydrogen) atoms. The second-order valence-corrected chi connectivity index (χ2v) is 5.63. The molecule has 0 bridgehead atoms. The van der Waals surface area contributed by atoms with Crippen LogP contribution in [0.4, 0.5) is 0 Å². The Labute approximate surface area is 125 Å². The largest absolute Gasteiger partial charge is 0.480 e. The van der Waals surface area contributed by atoms with E-state index in [1.165, 1.54) is 12.5 Å². The fraction of sp³-hybridized carbons (Fsp3) is 0.500. The van der Waals surface area contributed by atoms with Crippen LogP contribution in [0, 0.1) is 5.92 Å². The maximum atomic E-state index is 12.1. The number of piperidine rings is 1. The van der Waals surface area contributed by atoms with Crippen molar-refractivity contribution in [1.29, 1.82) is 0 Å². The van der Waals surface area contributed by atoms with Crippen molar-refractivity contribution in [2.75, 3.05) is 13.1 Å². The molecule has 0 spiro atoms. The van der Waals surface area contributed by atoms with Gasteiger partial charge in [-0.25, -0.2) is 0 Å². The van der Waals surface area contributed by atoms with Crippen molar-refractivity contribution in [1.82, 2.24) is 10.2 Å². The zero-order valence-electron chi connectivity index (χ0n) is 12.3.